The molecule has 2 heterocycles. The molecule has 1 N–H and O–H groups in total. The Morgan fingerprint density at radius 1 is 1.22 bits per heavy atom. The molecule has 32 heavy (non-hydrogen) atoms. The molecular weight excluding hydrogens is 422 g/mol. The Morgan fingerprint density at radius 3 is 2.72 bits per heavy atom. The van der Waals surface area contributed by atoms with Gasteiger partial charge >= 0.3 is 0 Å². The first-order chi connectivity index (χ1) is 15.6. The summed E-state index contributed by atoms with van der Waals surface area (Å²) in [4.78, 5) is 14.7. The fourth-order valence-corrected chi connectivity index (χ4v) is 4.20. The van der Waals surface area contributed by atoms with Gasteiger partial charge in [0.25, 0.3) is 5.91 Å². The molecule has 1 aliphatic heterocycles. The van der Waals surface area contributed by atoms with Gasteiger partial charge in [0, 0.05) is 13.1 Å². The Balaban J connectivity index is 1.36. The van der Waals surface area contributed by atoms with Crippen molar-refractivity contribution < 1.29 is 9.53 Å². The number of ether oxygens (including phenoxy) is 1. The summed E-state index contributed by atoms with van der Waals surface area (Å²) in [6.45, 7) is 4.43. The van der Waals surface area contributed by atoms with Gasteiger partial charge in [-0.05, 0) is 49.1 Å². The Kier molecular flexibility index (Phi) is 6.78. The van der Waals surface area contributed by atoms with E-state index in [1.807, 2.05) is 55.5 Å². The summed E-state index contributed by atoms with van der Waals surface area (Å²) in [6.07, 6.45) is 3.82. The van der Waals surface area contributed by atoms with E-state index in [1.54, 1.807) is 6.08 Å². The van der Waals surface area contributed by atoms with Crippen molar-refractivity contribution >= 4 is 33.6 Å². The lowest BCUT2D eigenvalue weighted by Crippen LogP contribution is -2.17. The molecular formula is C24H23N5O2S. The molecule has 3 aromatic rings. The van der Waals surface area contributed by atoms with Crippen LogP contribution in [0.2, 0.25) is 0 Å². The number of benzene rings is 2. The summed E-state index contributed by atoms with van der Waals surface area (Å²) >= 11 is 1.32. The standard InChI is InChI=1S/C24H23N5O2S/c1-17-5-4-6-19(13-17)16-31-21-9-7-18(8-10-21)14-20(15-25)22(30)26-23-27-28-24(32-23)29-11-2-3-12-29/h4-10,13-14H,2-3,11-12,16H2,1H3,(H,26,27,30)/b20-14-. The molecule has 2 aromatic carbocycles. The van der Waals surface area contributed by atoms with E-state index in [1.165, 1.54) is 16.9 Å². The average Bonchev–Trinajstić information content (AvgIpc) is 3.49. The fourth-order valence-electron chi connectivity index (χ4n) is 3.41. The van der Waals surface area contributed by atoms with Crippen LogP contribution >= 0.6 is 11.3 Å². The van der Waals surface area contributed by atoms with E-state index in [0.29, 0.717) is 11.7 Å². The van der Waals surface area contributed by atoms with Crippen LogP contribution in [0, 0.1) is 18.3 Å². The van der Waals surface area contributed by atoms with E-state index >= 15 is 0 Å². The maximum Gasteiger partial charge on any atom is 0.268 e. The third kappa shape index (κ3) is 5.50. The number of anilines is 2. The lowest BCUT2D eigenvalue weighted by Gasteiger charge is -2.10. The van der Waals surface area contributed by atoms with Gasteiger partial charge in [-0.2, -0.15) is 5.26 Å². The van der Waals surface area contributed by atoms with Crippen LogP contribution in [0.25, 0.3) is 6.08 Å². The van der Waals surface area contributed by atoms with Gasteiger partial charge in [0.1, 0.15) is 24.0 Å². The van der Waals surface area contributed by atoms with Crippen LogP contribution in [0.3, 0.4) is 0 Å². The number of rotatable bonds is 7. The molecule has 0 atom stereocenters. The largest absolute Gasteiger partial charge is 0.489 e. The number of nitriles is 1. The summed E-state index contributed by atoms with van der Waals surface area (Å²) in [6, 6.07) is 17.4. The molecule has 1 aliphatic rings. The Bertz CT molecular complexity index is 1160. The molecule has 0 bridgehead atoms. The molecule has 0 spiro atoms. The van der Waals surface area contributed by atoms with Crippen LogP contribution in [0.5, 0.6) is 5.75 Å². The van der Waals surface area contributed by atoms with E-state index in [4.69, 9.17) is 4.74 Å². The Morgan fingerprint density at radius 2 is 2.00 bits per heavy atom. The van der Waals surface area contributed by atoms with E-state index in [9.17, 15) is 10.1 Å². The molecule has 1 aromatic heterocycles. The normalized spacial score (nSPS) is 13.6. The van der Waals surface area contributed by atoms with Crippen molar-refractivity contribution in [1.82, 2.24) is 10.2 Å². The van der Waals surface area contributed by atoms with Gasteiger partial charge in [0.05, 0.1) is 0 Å². The van der Waals surface area contributed by atoms with Crippen LogP contribution in [-0.2, 0) is 11.4 Å². The molecule has 0 unspecified atom stereocenters. The second-order valence-electron chi connectivity index (χ2n) is 7.55. The van der Waals surface area contributed by atoms with E-state index < -0.39 is 5.91 Å². The number of aromatic nitrogens is 2. The molecule has 4 rings (SSSR count). The van der Waals surface area contributed by atoms with E-state index in [-0.39, 0.29) is 5.57 Å². The molecule has 1 amide bonds. The first-order valence-corrected chi connectivity index (χ1v) is 11.2. The smallest absolute Gasteiger partial charge is 0.268 e. The highest BCUT2D eigenvalue weighted by Crippen LogP contribution is 2.27. The highest BCUT2D eigenvalue weighted by molar-refractivity contribution is 7.19. The zero-order valence-corrected chi connectivity index (χ0v) is 18.6. The highest BCUT2D eigenvalue weighted by Gasteiger charge is 2.18. The lowest BCUT2D eigenvalue weighted by atomic mass is 10.1. The Hall–Kier alpha value is -3.70. The molecule has 0 saturated carbocycles. The van der Waals surface area contributed by atoms with Gasteiger partial charge in [0.2, 0.25) is 10.3 Å². The highest BCUT2D eigenvalue weighted by atomic mass is 32.1. The zero-order chi connectivity index (χ0) is 22.3. The van der Waals surface area contributed by atoms with Crippen molar-refractivity contribution in [3.63, 3.8) is 0 Å². The van der Waals surface area contributed by atoms with Crippen LogP contribution < -0.4 is 15.0 Å². The number of nitrogens with zero attached hydrogens (tertiary/aromatic N) is 4. The van der Waals surface area contributed by atoms with E-state index in [0.717, 1.165) is 47.9 Å². The molecule has 0 radical (unpaired) electrons. The van der Waals surface area contributed by atoms with Crippen molar-refractivity contribution in [1.29, 1.82) is 5.26 Å². The summed E-state index contributed by atoms with van der Waals surface area (Å²) in [7, 11) is 0. The number of nitrogens with one attached hydrogen (secondary N) is 1. The minimum atomic E-state index is -0.503. The molecule has 1 saturated heterocycles. The number of amides is 1. The monoisotopic (exact) mass is 445 g/mol. The predicted molar refractivity (Wildman–Crippen MR) is 126 cm³/mol. The van der Waals surface area contributed by atoms with Crippen molar-refractivity contribution in [3.05, 3.63) is 70.8 Å². The van der Waals surface area contributed by atoms with E-state index in [2.05, 4.69) is 26.5 Å². The van der Waals surface area contributed by atoms with Gasteiger partial charge in [-0.1, -0.05) is 53.3 Å². The number of carbonyl (C=O) groups excluding carboxylic acids is 1. The van der Waals surface area contributed by atoms with Gasteiger partial charge in [-0.15, -0.1) is 10.2 Å². The Labute approximate surface area is 191 Å². The van der Waals surface area contributed by atoms with Crippen molar-refractivity contribution in [2.45, 2.75) is 26.4 Å². The molecule has 1 fully saturated rings. The van der Waals surface area contributed by atoms with Gasteiger partial charge in [0.15, 0.2) is 0 Å². The number of carbonyl (C=O) groups is 1. The van der Waals surface area contributed by atoms with Gasteiger partial charge < -0.3 is 9.64 Å². The minimum Gasteiger partial charge on any atom is -0.489 e. The zero-order valence-electron chi connectivity index (χ0n) is 17.7. The van der Waals surface area contributed by atoms with Crippen LogP contribution in [0.4, 0.5) is 10.3 Å². The second kappa shape index (κ2) is 10.1. The SMILES string of the molecule is Cc1cccc(COc2ccc(/C=C(/C#N)C(=O)Nc3nnc(N4CCCC4)s3)cc2)c1. The predicted octanol–water partition coefficient (Wildman–Crippen LogP) is 4.57. The van der Waals surface area contributed by atoms with Crippen LogP contribution in [0.15, 0.2) is 54.1 Å². The maximum absolute atomic E-state index is 12.5. The quantitative estimate of drug-likeness (QED) is 0.423. The van der Waals surface area contributed by atoms with Crippen molar-refractivity contribution in [3.8, 4) is 11.8 Å². The summed E-state index contributed by atoms with van der Waals surface area (Å²) in [5.41, 5.74) is 3.02. The molecule has 7 nitrogen and oxygen atoms in total. The maximum atomic E-state index is 12.5. The fraction of sp³-hybridized carbons (Fsp3) is 0.250. The number of hydrogen-bond acceptors (Lipinski definition) is 7. The second-order valence-corrected chi connectivity index (χ2v) is 8.51. The summed E-state index contributed by atoms with van der Waals surface area (Å²) in [5, 5.41) is 21.5. The first kappa shape index (κ1) is 21.5. The number of aryl methyl sites for hydroxylation is 1. The van der Waals surface area contributed by atoms with Crippen LogP contribution in [0.1, 0.15) is 29.5 Å². The van der Waals surface area contributed by atoms with Crippen molar-refractivity contribution in [2.75, 3.05) is 23.3 Å². The third-order valence-electron chi connectivity index (χ3n) is 5.06. The topological polar surface area (TPSA) is 91.1 Å². The lowest BCUT2D eigenvalue weighted by molar-refractivity contribution is -0.112. The van der Waals surface area contributed by atoms with Gasteiger partial charge in [-0.3, -0.25) is 10.1 Å². The molecule has 0 aliphatic carbocycles. The van der Waals surface area contributed by atoms with Crippen molar-refractivity contribution in [2.24, 2.45) is 0 Å². The minimum absolute atomic E-state index is 0.00338. The summed E-state index contributed by atoms with van der Waals surface area (Å²) < 4.78 is 5.82. The summed E-state index contributed by atoms with van der Waals surface area (Å²) in [5.74, 6) is 0.214. The third-order valence-corrected chi connectivity index (χ3v) is 5.96. The number of hydrogen-bond donors (Lipinski definition) is 1. The first-order valence-electron chi connectivity index (χ1n) is 10.4. The average molecular weight is 446 g/mol. The van der Waals surface area contributed by atoms with Gasteiger partial charge in [-0.25, -0.2) is 0 Å². The molecule has 8 heteroatoms. The molecule has 162 valence electrons. The van der Waals surface area contributed by atoms with Crippen LogP contribution in [-0.4, -0.2) is 29.2 Å².